The molecule has 0 aliphatic carbocycles. The van der Waals surface area contributed by atoms with Gasteiger partial charge < -0.3 is 10.6 Å². The Labute approximate surface area is 119 Å². The van der Waals surface area contributed by atoms with Gasteiger partial charge in [0.15, 0.2) is 0 Å². The summed E-state index contributed by atoms with van der Waals surface area (Å²) < 4.78 is 14.0. The molecule has 0 aliphatic heterocycles. The number of anilines is 2. The summed E-state index contributed by atoms with van der Waals surface area (Å²) in [6, 6.07) is 11.1. The van der Waals surface area contributed by atoms with Crippen LogP contribution in [0.3, 0.4) is 0 Å². The number of nitrogens with one attached hydrogen (secondary N) is 2. The van der Waals surface area contributed by atoms with Crippen LogP contribution in [0.15, 0.2) is 46.9 Å². The highest BCUT2D eigenvalue weighted by Crippen LogP contribution is 2.18. The second-order valence-corrected chi connectivity index (χ2v) is 4.96. The Morgan fingerprint density at radius 1 is 1.16 bits per heavy atom. The summed E-state index contributed by atoms with van der Waals surface area (Å²) in [4.78, 5) is 11.8. The molecule has 2 aromatic rings. The third-order valence-electron chi connectivity index (χ3n) is 2.53. The largest absolute Gasteiger partial charge is 0.323 e. The molecule has 0 aromatic heterocycles. The Morgan fingerprint density at radius 2 is 1.95 bits per heavy atom. The van der Waals surface area contributed by atoms with E-state index >= 15 is 0 Å². The Kier molecular flexibility index (Phi) is 4.16. The van der Waals surface area contributed by atoms with E-state index in [0.717, 1.165) is 10.0 Å². The van der Waals surface area contributed by atoms with Crippen LogP contribution < -0.4 is 10.6 Å². The topological polar surface area (TPSA) is 41.1 Å². The van der Waals surface area contributed by atoms with Crippen LogP contribution in [0.2, 0.25) is 0 Å². The molecule has 0 radical (unpaired) electrons. The summed E-state index contributed by atoms with van der Waals surface area (Å²) in [6.45, 7) is 1.80. The average molecular weight is 323 g/mol. The predicted molar refractivity (Wildman–Crippen MR) is 77.9 cm³/mol. The Bertz CT molecular complexity index is 616. The second kappa shape index (κ2) is 5.84. The number of amides is 2. The van der Waals surface area contributed by atoms with E-state index in [4.69, 9.17) is 0 Å². The molecule has 98 valence electrons. The molecule has 3 nitrogen and oxygen atoms in total. The summed E-state index contributed by atoms with van der Waals surface area (Å²) in [7, 11) is 0. The average Bonchev–Trinajstić information content (AvgIpc) is 2.34. The van der Waals surface area contributed by atoms with Crippen molar-refractivity contribution in [2.45, 2.75) is 6.92 Å². The molecule has 0 aliphatic rings. The van der Waals surface area contributed by atoms with E-state index in [0.29, 0.717) is 11.4 Å². The predicted octanol–water partition coefficient (Wildman–Crippen LogP) is 4.54. The first-order valence-electron chi connectivity index (χ1n) is 5.64. The Hall–Kier alpha value is -1.88. The van der Waals surface area contributed by atoms with Crippen LogP contribution in [0.25, 0.3) is 0 Å². The molecule has 0 fully saturated rings. The minimum atomic E-state index is -0.410. The lowest BCUT2D eigenvalue weighted by molar-refractivity contribution is 0.262. The molecule has 0 spiro atoms. The number of hydrogen-bond donors (Lipinski definition) is 2. The fourth-order valence-corrected chi connectivity index (χ4v) is 1.98. The van der Waals surface area contributed by atoms with Gasteiger partial charge in [0.05, 0.1) is 0 Å². The summed E-state index contributed by atoms with van der Waals surface area (Å²) in [6.07, 6.45) is 0. The molecule has 0 saturated carbocycles. The van der Waals surface area contributed by atoms with Crippen molar-refractivity contribution in [3.05, 3.63) is 58.3 Å². The van der Waals surface area contributed by atoms with Gasteiger partial charge in [-0.3, -0.25) is 0 Å². The highest BCUT2D eigenvalue weighted by molar-refractivity contribution is 9.10. The first-order chi connectivity index (χ1) is 9.04. The van der Waals surface area contributed by atoms with Crippen molar-refractivity contribution in [1.29, 1.82) is 0 Å². The van der Waals surface area contributed by atoms with Gasteiger partial charge in [-0.15, -0.1) is 0 Å². The van der Waals surface area contributed by atoms with Gasteiger partial charge in [-0.1, -0.05) is 28.1 Å². The highest BCUT2D eigenvalue weighted by Gasteiger charge is 2.06. The summed E-state index contributed by atoms with van der Waals surface area (Å²) in [5.74, 6) is -0.386. The normalized spacial score (nSPS) is 10.1. The number of rotatable bonds is 2. The maximum atomic E-state index is 13.1. The van der Waals surface area contributed by atoms with Crippen LogP contribution in [-0.4, -0.2) is 6.03 Å². The van der Waals surface area contributed by atoms with E-state index in [2.05, 4.69) is 26.6 Å². The molecule has 0 atom stereocenters. The molecular formula is C14H12BrFN2O. The summed E-state index contributed by atoms with van der Waals surface area (Å²) >= 11 is 3.32. The van der Waals surface area contributed by atoms with E-state index in [1.807, 2.05) is 12.1 Å². The highest BCUT2D eigenvalue weighted by atomic mass is 79.9. The first-order valence-corrected chi connectivity index (χ1v) is 6.43. The van der Waals surface area contributed by atoms with E-state index in [1.54, 1.807) is 25.1 Å². The summed E-state index contributed by atoms with van der Waals surface area (Å²) in [5, 5.41) is 5.29. The lowest BCUT2D eigenvalue weighted by atomic mass is 10.2. The van der Waals surface area contributed by atoms with Gasteiger partial charge in [0, 0.05) is 15.8 Å². The maximum Gasteiger partial charge on any atom is 0.323 e. The van der Waals surface area contributed by atoms with Crippen LogP contribution in [-0.2, 0) is 0 Å². The van der Waals surface area contributed by atoms with Gasteiger partial charge in [-0.05, 0) is 42.8 Å². The molecule has 2 aromatic carbocycles. The van der Waals surface area contributed by atoms with Gasteiger partial charge >= 0.3 is 6.03 Å². The van der Waals surface area contributed by atoms with Gasteiger partial charge in [0.2, 0.25) is 0 Å². The molecule has 2 amide bonds. The standard InChI is InChI=1S/C14H12BrFN2O/c1-9-5-6-11(16)8-13(9)18-14(19)17-12-4-2-3-10(15)7-12/h2-8H,1H3,(H2,17,18,19). The first kappa shape index (κ1) is 13.5. The zero-order chi connectivity index (χ0) is 13.8. The minimum absolute atomic E-state index is 0.386. The molecule has 2 rings (SSSR count). The monoisotopic (exact) mass is 322 g/mol. The summed E-state index contributed by atoms with van der Waals surface area (Å²) in [5.41, 5.74) is 1.90. The molecule has 0 bridgehead atoms. The number of carbonyl (C=O) groups excluding carboxylic acids is 1. The third kappa shape index (κ3) is 3.79. The number of carbonyl (C=O) groups is 1. The fraction of sp³-hybridized carbons (Fsp3) is 0.0714. The quantitative estimate of drug-likeness (QED) is 0.837. The smallest absolute Gasteiger partial charge is 0.308 e. The van der Waals surface area contributed by atoms with Crippen LogP contribution in [0, 0.1) is 12.7 Å². The van der Waals surface area contributed by atoms with E-state index in [1.165, 1.54) is 12.1 Å². The molecule has 19 heavy (non-hydrogen) atoms. The Morgan fingerprint density at radius 3 is 2.68 bits per heavy atom. The van der Waals surface area contributed by atoms with Crippen molar-refractivity contribution in [1.82, 2.24) is 0 Å². The number of urea groups is 1. The van der Waals surface area contributed by atoms with Crippen molar-refractivity contribution in [2.75, 3.05) is 10.6 Å². The van der Waals surface area contributed by atoms with Gasteiger partial charge in [-0.2, -0.15) is 0 Å². The zero-order valence-corrected chi connectivity index (χ0v) is 11.8. The van der Waals surface area contributed by atoms with Crippen molar-refractivity contribution in [2.24, 2.45) is 0 Å². The lowest BCUT2D eigenvalue weighted by Crippen LogP contribution is -2.20. The molecule has 0 saturated heterocycles. The number of benzene rings is 2. The SMILES string of the molecule is Cc1ccc(F)cc1NC(=O)Nc1cccc(Br)c1. The van der Waals surface area contributed by atoms with Crippen LogP contribution in [0.1, 0.15) is 5.56 Å². The molecule has 5 heteroatoms. The molecule has 2 N–H and O–H groups in total. The minimum Gasteiger partial charge on any atom is -0.308 e. The van der Waals surface area contributed by atoms with E-state index in [-0.39, 0.29) is 5.82 Å². The zero-order valence-electron chi connectivity index (χ0n) is 10.2. The molecule has 0 heterocycles. The van der Waals surface area contributed by atoms with Crippen molar-refractivity contribution in [3.8, 4) is 0 Å². The molecule has 0 unspecified atom stereocenters. The van der Waals surface area contributed by atoms with Crippen molar-refractivity contribution >= 4 is 33.3 Å². The van der Waals surface area contributed by atoms with E-state index in [9.17, 15) is 9.18 Å². The number of aryl methyl sites for hydroxylation is 1. The van der Waals surface area contributed by atoms with Crippen molar-refractivity contribution in [3.63, 3.8) is 0 Å². The maximum absolute atomic E-state index is 13.1. The second-order valence-electron chi connectivity index (χ2n) is 4.05. The van der Waals surface area contributed by atoms with Crippen LogP contribution in [0.4, 0.5) is 20.6 Å². The van der Waals surface area contributed by atoms with Gasteiger partial charge in [-0.25, -0.2) is 9.18 Å². The third-order valence-corrected chi connectivity index (χ3v) is 3.02. The van der Waals surface area contributed by atoms with Gasteiger partial charge in [0.1, 0.15) is 5.82 Å². The fourth-order valence-electron chi connectivity index (χ4n) is 1.58. The number of halogens is 2. The Balaban J connectivity index is 2.07. The van der Waals surface area contributed by atoms with Crippen LogP contribution >= 0.6 is 15.9 Å². The van der Waals surface area contributed by atoms with Crippen LogP contribution in [0.5, 0.6) is 0 Å². The lowest BCUT2D eigenvalue weighted by Gasteiger charge is -2.10. The van der Waals surface area contributed by atoms with E-state index < -0.39 is 6.03 Å². The molecular weight excluding hydrogens is 311 g/mol. The number of hydrogen-bond acceptors (Lipinski definition) is 1. The van der Waals surface area contributed by atoms with Gasteiger partial charge in [0.25, 0.3) is 0 Å². The van der Waals surface area contributed by atoms with Crippen molar-refractivity contribution < 1.29 is 9.18 Å².